The van der Waals surface area contributed by atoms with Crippen LogP contribution in [0.25, 0.3) is 10.9 Å². The van der Waals surface area contributed by atoms with Crippen LogP contribution in [0.1, 0.15) is 33.2 Å². The minimum Gasteiger partial charge on any atom is -0.391 e. The smallest absolute Gasteiger partial charge is 0.283 e. The fourth-order valence-corrected chi connectivity index (χ4v) is 8.53. The van der Waals surface area contributed by atoms with Gasteiger partial charge in [0.15, 0.2) is 5.01 Å². The topological polar surface area (TPSA) is 130 Å². The third-order valence-corrected chi connectivity index (χ3v) is 11.0. The van der Waals surface area contributed by atoms with Crippen molar-refractivity contribution in [1.82, 2.24) is 29.0 Å². The number of likely N-dealkylation sites (tertiary alicyclic amines) is 1. The summed E-state index contributed by atoms with van der Waals surface area (Å²) in [6, 6.07) is 6.25. The van der Waals surface area contributed by atoms with Crippen LogP contribution in [0.4, 0.5) is 0 Å². The Morgan fingerprint density at radius 3 is 2.83 bits per heavy atom. The lowest BCUT2D eigenvalue weighted by molar-refractivity contribution is -0.127. The van der Waals surface area contributed by atoms with E-state index < -0.39 is 22.2 Å². The van der Waals surface area contributed by atoms with Gasteiger partial charge in [0.2, 0.25) is 5.91 Å². The Hall–Kier alpha value is -2.55. The van der Waals surface area contributed by atoms with Crippen molar-refractivity contribution in [2.75, 3.05) is 46.3 Å². The van der Waals surface area contributed by atoms with Gasteiger partial charge in [-0.15, -0.1) is 11.3 Å². The number of halogens is 1. The molecule has 5 heterocycles. The number of nitrogens with zero attached hydrogens (tertiary/aromatic N) is 5. The number of piperazine rings is 1. The molecule has 214 valence electrons. The van der Waals surface area contributed by atoms with E-state index in [0.717, 1.165) is 30.1 Å². The zero-order chi connectivity index (χ0) is 28.2. The number of likely N-dealkylation sites (N-methyl/N-ethyl adjacent to an activating group) is 1. The number of hydrogen-bond acceptors (Lipinski definition) is 8. The Labute approximate surface area is 241 Å². The highest BCUT2D eigenvalue weighted by atomic mass is 35.5. The fraction of sp³-hybridized carbons (Fsp3) is 0.500. The first kappa shape index (κ1) is 27.6. The highest BCUT2D eigenvalue weighted by molar-refractivity contribution is 7.89. The van der Waals surface area contributed by atoms with E-state index >= 15 is 0 Å². The summed E-state index contributed by atoms with van der Waals surface area (Å²) in [6.45, 7) is 2.63. The van der Waals surface area contributed by atoms with Crippen LogP contribution < -0.4 is 0 Å². The molecule has 14 heteroatoms. The van der Waals surface area contributed by atoms with Crippen molar-refractivity contribution in [1.29, 1.82) is 0 Å². The molecule has 0 radical (unpaired) electrons. The number of sulfonamides is 1. The maximum atomic E-state index is 13.8. The molecule has 3 aliphatic rings. The predicted octanol–water partition coefficient (Wildman–Crippen LogP) is 1.76. The van der Waals surface area contributed by atoms with Crippen LogP contribution in [0.2, 0.25) is 5.02 Å². The lowest BCUT2D eigenvalue weighted by atomic mass is 10.1. The van der Waals surface area contributed by atoms with Gasteiger partial charge in [-0.3, -0.25) is 9.59 Å². The van der Waals surface area contributed by atoms with Crippen LogP contribution in [0.15, 0.2) is 29.3 Å². The minimum atomic E-state index is -3.89. The molecule has 0 saturated carbocycles. The third kappa shape index (κ3) is 5.26. The van der Waals surface area contributed by atoms with E-state index in [4.69, 9.17) is 11.6 Å². The van der Waals surface area contributed by atoms with E-state index in [2.05, 4.69) is 14.9 Å². The quantitative estimate of drug-likeness (QED) is 0.437. The second kappa shape index (κ2) is 10.7. The van der Waals surface area contributed by atoms with E-state index in [0.29, 0.717) is 33.9 Å². The molecule has 6 rings (SSSR count). The zero-order valence-electron chi connectivity index (χ0n) is 22.0. The van der Waals surface area contributed by atoms with Crippen LogP contribution in [0, 0.1) is 0 Å². The molecule has 1 aromatic carbocycles. The van der Waals surface area contributed by atoms with Crippen molar-refractivity contribution < 1.29 is 23.1 Å². The molecule has 2 atom stereocenters. The highest BCUT2D eigenvalue weighted by Crippen LogP contribution is 2.30. The average Bonchev–Trinajstić information content (AvgIpc) is 3.62. The lowest BCUT2D eigenvalue weighted by Crippen LogP contribution is -2.57. The zero-order valence-corrected chi connectivity index (χ0v) is 24.4. The number of H-pyrrole nitrogens is 1. The summed E-state index contributed by atoms with van der Waals surface area (Å²) in [5.41, 5.74) is 1.62. The average molecular weight is 607 g/mol. The first-order valence-electron chi connectivity index (χ1n) is 13.3. The van der Waals surface area contributed by atoms with Crippen LogP contribution in [0.3, 0.4) is 0 Å². The largest absolute Gasteiger partial charge is 0.391 e. The minimum absolute atomic E-state index is 0.0675. The first-order valence-corrected chi connectivity index (χ1v) is 15.9. The number of carbonyl (C=O) groups is 2. The van der Waals surface area contributed by atoms with Crippen molar-refractivity contribution in [3.05, 3.63) is 44.9 Å². The van der Waals surface area contributed by atoms with Gasteiger partial charge in [-0.05, 0) is 37.7 Å². The normalized spacial score (nSPS) is 22.8. The summed E-state index contributed by atoms with van der Waals surface area (Å²) >= 11 is 7.50. The number of aliphatic hydroxyl groups is 1. The fourth-order valence-electron chi connectivity index (χ4n) is 5.72. The molecule has 0 spiro atoms. The number of nitrogens with one attached hydrogen (secondary N) is 1. The summed E-state index contributed by atoms with van der Waals surface area (Å²) < 4.78 is 28.8. The number of carbonyl (C=O) groups excluding carboxylic acids is 2. The number of benzene rings is 1. The van der Waals surface area contributed by atoms with Crippen molar-refractivity contribution >= 4 is 55.7 Å². The molecule has 2 aromatic heterocycles. The van der Waals surface area contributed by atoms with Crippen molar-refractivity contribution in [3.63, 3.8) is 0 Å². The lowest BCUT2D eigenvalue weighted by Gasteiger charge is -2.40. The van der Waals surface area contributed by atoms with Gasteiger partial charge in [0.25, 0.3) is 15.9 Å². The maximum Gasteiger partial charge on any atom is 0.283 e. The summed E-state index contributed by atoms with van der Waals surface area (Å²) in [5, 5.41) is 11.6. The number of fused-ring (bicyclic) bond motifs is 2. The third-order valence-electron chi connectivity index (χ3n) is 7.91. The van der Waals surface area contributed by atoms with Crippen molar-refractivity contribution in [3.8, 4) is 0 Å². The molecule has 2 N–H and O–H groups in total. The molecular weight excluding hydrogens is 576 g/mol. The number of β-amino-alcohol motifs (C(OH)–C–C–N with tert-alkyl or cyclic N) is 1. The number of aliphatic hydroxyl groups excluding tert-OH is 1. The molecular formula is C26H31ClN6O5S2. The van der Waals surface area contributed by atoms with Crippen molar-refractivity contribution in [2.45, 2.75) is 43.0 Å². The van der Waals surface area contributed by atoms with Gasteiger partial charge in [-0.25, -0.2) is 13.4 Å². The maximum absolute atomic E-state index is 13.8. The van der Waals surface area contributed by atoms with E-state index in [1.165, 1.54) is 15.6 Å². The van der Waals surface area contributed by atoms with Gasteiger partial charge in [-0.1, -0.05) is 11.6 Å². The van der Waals surface area contributed by atoms with Gasteiger partial charge >= 0.3 is 0 Å². The van der Waals surface area contributed by atoms with Crippen LogP contribution in [0.5, 0.6) is 0 Å². The number of aromatic amines is 1. The Balaban J connectivity index is 1.25. The predicted molar refractivity (Wildman–Crippen MR) is 151 cm³/mol. The van der Waals surface area contributed by atoms with Gasteiger partial charge in [0, 0.05) is 79.1 Å². The Bertz CT molecular complexity index is 1570. The number of rotatable bonds is 6. The van der Waals surface area contributed by atoms with Crippen LogP contribution >= 0.6 is 22.9 Å². The standard InChI is InChI=1S/C26H31ClN6O5S2/c1-30-6-5-21-22(15-30)39-25(29-21)26(36)33-9-8-32(13-18(33)4-7-31-14-19(34)12-24(31)35)40(37,38)23-11-16-10-17(27)2-3-20(16)28-23/h2-3,10-11,18-19,28,34H,4-9,12-15H2,1H3. The van der Waals surface area contributed by atoms with E-state index in [-0.39, 0.29) is 49.4 Å². The van der Waals surface area contributed by atoms with E-state index in [1.807, 2.05) is 7.05 Å². The van der Waals surface area contributed by atoms with Gasteiger partial charge < -0.3 is 24.8 Å². The Morgan fingerprint density at radius 1 is 1.23 bits per heavy atom. The molecule has 0 bridgehead atoms. The summed E-state index contributed by atoms with van der Waals surface area (Å²) in [6.07, 6.45) is 0.549. The van der Waals surface area contributed by atoms with Gasteiger partial charge in [0.05, 0.1) is 18.2 Å². The van der Waals surface area contributed by atoms with E-state index in [9.17, 15) is 23.1 Å². The van der Waals surface area contributed by atoms with E-state index in [1.54, 1.807) is 34.1 Å². The second-order valence-electron chi connectivity index (χ2n) is 10.7. The first-order chi connectivity index (χ1) is 19.1. The highest BCUT2D eigenvalue weighted by Gasteiger charge is 2.39. The van der Waals surface area contributed by atoms with Crippen LogP contribution in [-0.2, 0) is 27.8 Å². The Kier molecular flexibility index (Phi) is 7.38. The molecule has 2 fully saturated rings. The second-order valence-corrected chi connectivity index (χ2v) is 14.2. The molecule has 40 heavy (non-hydrogen) atoms. The molecule has 0 aliphatic carbocycles. The SMILES string of the molecule is CN1CCc2nc(C(=O)N3CCN(S(=O)(=O)c4cc5cc(Cl)ccc5[nH]4)CC3CCN3CC(O)CC3=O)sc2C1. The molecule has 11 nitrogen and oxygen atoms in total. The molecule has 2 saturated heterocycles. The summed E-state index contributed by atoms with van der Waals surface area (Å²) in [4.78, 5) is 40.3. The summed E-state index contributed by atoms with van der Waals surface area (Å²) in [5.74, 6) is -0.351. The molecule has 2 unspecified atom stereocenters. The van der Waals surface area contributed by atoms with Gasteiger partial charge in [-0.2, -0.15) is 4.31 Å². The van der Waals surface area contributed by atoms with Gasteiger partial charge in [0.1, 0.15) is 5.03 Å². The number of amides is 2. The van der Waals surface area contributed by atoms with Crippen molar-refractivity contribution in [2.24, 2.45) is 0 Å². The number of aromatic nitrogens is 2. The number of hydrogen-bond donors (Lipinski definition) is 2. The monoisotopic (exact) mass is 606 g/mol. The summed E-state index contributed by atoms with van der Waals surface area (Å²) in [7, 11) is -1.85. The molecule has 3 aromatic rings. The number of thiazole rings is 1. The molecule has 3 aliphatic heterocycles. The Morgan fingerprint density at radius 2 is 2.05 bits per heavy atom. The van der Waals surface area contributed by atoms with Crippen LogP contribution in [-0.4, -0.2) is 113 Å². The molecule has 2 amide bonds.